The lowest BCUT2D eigenvalue weighted by atomic mass is 10.1. The molecule has 4 nitrogen and oxygen atoms in total. The molecule has 102 valence electrons. The molecule has 1 N–H and O–H groups in total. The molecule has 1 aromatic rings. The number of sulfonamides is 1. The largest absolute Gasteiger partial charge is 0.381 e. The maximum atomic E-state index is 11.8. The van der Waals surface area contributed by atoms with Gasteiger partial charge in [0.15, 0.2) is 0 Å². The fraction of sp³-hybridized carbons (Fsp3) is 0.500. The predicted octanol–water partition coefficient (Wildman–Crippen LogP) is 2.21. The highest BCUT2D eigenvalue weighted by Gasteiger charge is 2.15. The number of aryl methyl sites for hydroxylation is 1. The topological polar surface area (TPSA) is 55.4 Å². The maximum Gasteiger partial charge on any atom is 0.214 e. The standard InChI is InChI=1S/C12H18BrNO3S/c1-9-5-4-6-11(12(9)13)7-14-18(15,16)8-10(2)17-3/h4-6,10,14H,7-8H2,1-3H3/t10-/m1/s1. The van der Waals surface area contributed by atoms with Gasteiger partial charge in [-0.2, -0.15) is 0 Å². The Kier molecular flexibility index (Phi) is 5.78. The van der Waals surface area contributed by atoms with Crippen LogP contribution in [0.5, 0.6) is 0 Å². The van der Waals surface area contributed by atoms with Crippen molar-refractivity contribution in [2.24, 2.45) is 0 Å². The molecule has 0 saturated carbocycles. The Bertz CT molecular complexity index is 502. The Balaban J connectivity index is 2.68. The number of nitrogens with one attached hydrogen (secondary N) is 1. The van der Waals surface area contributed by atoms with E-state index < -0.39 is 10.0 Å². The van der Waals surface area contributed by atoms with Crippen molar-refractivity contribution in [1.29, 1.82) is 0 Å². The van der Waals surface area contributed by atoms with Crippen LogP contribution in [-0.2, 0) is 21.3 Å². The van der Waals surface area contributed by atoms with E-state index in [1.54, 1.807) is 6.92 Å². The van der Waals surface area contributed by atoms with E-state index >= 15 is 0 Å². The minimum Gasteiger partial charge on any atom is -0.381 e. The number of ether oxygens (including phenoxy) is 1. The first-order chi connectivity index (χ1) is 8.35. The summed E-state index contributed by atoms with van der Waals surface area (Å²) in [6.07, 6.45) is -0.316. The molecule has 0 aliphatic carbocycles. The summed E-state index contributed by atoms with van der Waals surface area (Å²) < 4.78 is 32.0. The summed E-state index contributed by atoms with van der Waals surface area (Å²) >= 11 is 3.45. The lowest BCUT2D eigenvalue weighted by Crippen LogP contribution is -2.31. The predicted molar refractivity (Wildman–Crippen MR) is 76.0 cm³/mol. The molecule has 0 fully saturated rings. The van der Waals surface area contributed by atoms with Crippen molar-refractivity contribution in [3.8, 4) is 0 Å². The van der Waals surface area contributed by atoms with Crippen LogP contribution in [0.3, 0.4) is 0 Å². The zero-order valence-corrected chi connectivity index (χ0v) is 13.1. The van der Waals surface area contributed by atoms with Gasteiger partial charge in [-0.25, -0.2) is 13.1 Å². The molecule has 0 aliphatic rings. The zero-order chi connectivity index (χ0) is 13.8. The molecular weight excluding hydrogens is 318 g/mol. The summed E-state index contributed by atoms with van der Waals surface area (Å²) in [5, 5.41) is 0. The van der Waals surface area contributed by atoms with Crippen LogP contribution in [0.15, 0.2) is 22.7 Å². The smallest absolute Gasteiger partial charge is 0.214 e. The lowest BCUT2D eigenvalue weighted by molar-refractivity contribution is 0.136. The van der Waals surface area contributed by atoms with E-state index in [4.69, 9.17) is 4.74 Å². The first kappa shape index (κ1) is 15.6. The quantitative estimate of drug-likeness (QED) is 0.867. The molecule has 18 heavy (non-hydrogen) atoms. The van der Waals surface area contributed by atoms with Crippen LogP contribution in [0.1, 0.15) is 18.1 Å². The van der Waals surface area contributed by atoms with Crippen molar-refractivity contribution >= 4 is 26.0 Å². The third kappa shape index (κ3) is 4.68. The van der Waals surface area contributed by atoms with Crippen molar-refractivity contribution in [2.75, 3.05) is 12.9 Å². The van der Waals surface area contributed by atoms with E-state index in [2.05, 4.69) is 20.7 Å². The van der Waals surface area contributed by atoms with Crippen LogP contribution in [0.2, 0.25) is 0 Å². The summed E-state index contributed by atoms with van der Waals surface area (Å²) in [4.78, 5) is 0. The molecule has 1 aromatic carbocycles. The van der Waals surface area contributed by atoms with Gasteiger partial charge in [0.1, 0.15) is 0 Å². The van der Waals surface area contributed by atoms with Gasteiger partial charge in [-0.1, -0.05) is 34.1 Å². The van der Waals surface area contributed by atoms with E-state index in [1.165, 1.54) is 7.11 Å². The first-order valence-electron chi connectivity index (χ1n) is 5.60. The molecule has 0 heterocycles. The second-order valence-electron chi connectivity index (χ2n) is 4.20. The number of rotatable bonds is 6. The summed E-state index contributed by atoms with van der Waals surface area (Å²) in [6, 6.07) is 5.76. The molecule has 6 heteroatoms. The van der Waals surface area contributed by atoms with Crippen LogP contribution in [0.25, 0.3) is 0 Å². The average Bonchev–Trinajstić information content (AvgIpc) is 2.30. The number of benzene rings is 1. The van der Waals surface area contributed by atoms with Crippen LogP contribution >= 0.6 is 15.9 Å². The van der Waals surface area contributed by atoms with Gasteiger partial charge >= 0.3 is 0 Å². The second-order valence-corrected chi connectivity index (χ2v) is 6.84. The van der Waals surface area contributed by atoms with Crippen molar-refractivity contribution < 1.29 is 13.2 Å². The highest BCUT2D eigenvalue weighted by atomic mass is 79.9. The summed E-state index contributed by atoms with van der Waals surface area (Å²) in [7, 11) is -1.82. The summed E-state index contributed by atoms with van der Waals surface area (Å²) in [5.41, 5.74) is 2.00. The van der Waals surface area contributed by atoms with Gasteiger partial charge in [-0.05, 0) is 25.0 Å². The molecule has 1 rings (SSSR count). The second kappa shape index (κ2) is 6.65. The van der Waals surface area contributed by atoms with Gasteiger partial charge < -0.3 is 4.74 Å². The Morgan fingerprint density at radius 1 is 1.44 bits per heavy atom. The van der Waals surface area contributed by atoms with E-state index in [1.807, 2.05) is 25.1 Å². The van der Waals surface area contributed by atoms with Gasteiger partial charge in [0, 0.05) is 18.1 Å². The van der Waals surface area contributed by atoms with Gasteiger partial charge in [-0.3, -0.25) is 0 Å². The van der Waals surface area contributed by atoms with Crippen LogP contribution in [-0.4, -0.2) is 27.4 Å². The van der Waals surface area contributed by atoms with Gasteiger partial charge in [-0.15, -0.1) is 0 Å². The Labute approximate surface area is 117 Å². The molecule has 0 amide bonds. The van der Waals surface area contributed by atoms with Crippen molar-refractivity contribution in [3.63, 3.8) is 0 Å². The van der Waals surface area contributed by atoms with Crippen LogP contribution in [0.4, 0.5) is 0 Å². The lowest BCUT2D eigenvalue weighted by Gasteiger charge is -2.12. The highest BCUT2D eigenvalue weighted by molar-refractivity contribution is 9.10. The first-order valence-corrected chi connectivity index (χ1v) is 8.04. The molecule has 0 aliphatic heterocycles. The normalized spacial score (nSPS) is 13.6. The van der Waals surface area contributed by atoms with Crippen LogP contribution in [0, 0.1) is 6.92 Å². The summed E-state index contributed by atoms with van der Waals surface area (Å²) in [5.74, 6) is -0.0348. The van der Waals surface area contributed by atoms with Crippen molar-refractivity contribution in [2.45, 2.75) is 26.5 Å². The monoisotopic (exact) mass is 335 g/mol. The molecule has 0 aromatic heterocycles. The van der Waals surface area contributed by atoms with Crippen molar-refractivity contribution in [1.82, 2.24) is 4.72 Å². The van der Waals surface area contributed by atoms with Crippen molar-refractivity contribution in [3.05, 3.63) is 33.8 Å². The fourth-order valence-electron chi connectivity index (χ4n) is 1.47. The zero-order valence-electron chi connectivity index (χ0n) is 10.7. The molecule has 0 saturated heterocycles. The Hall–Kier alpha value is -0.430. The Morgan fingerprint density at radius 3 is 2.72 bits per heavy atom. The number of hydrogen-bond acceptors (Lipinski definition) is 3. The molecule has 0 spiro atoms. The number of halogens is 1. The minimum absolute atomic E-state index is 0.0348. The maximum absolute atomic E-state index is 11.8. The third-order valence-corrected chi connectivity index (χ3v) is 5.24. The Morgan fingerprint density at radius 2 is 2.11 bits per heavy atom. The summed E-state index contributed by atoms with van der Waals surface area (Å²) in [6.45, 7) is 3.97. The van der Waals surface area contributed by atoms with E-state index in [-0.39, 0.29) is 18.4 Å². The minimum atomic E-state index is -3.32. The fourth-order valence-corrected chi connectivity index (χ4v) is 3.12. The molecule has 0 bridgehead atoms. The molecule has 0 radical (unpaired) electrons. The average molecular weight is 336 g/mol. The highest BCUT2D eigenvalue weighted by Crippen LogP contribution is 2.20. The third-order valence-electron chi connectivity index (χ3n) is 2.61. The number of hydrogen-bond donors (Lipinski definition) is 1. The van der Waals surface area contributed by atoms with E-state index in [0.29, 0.717) is 0 Å². The van der Waals surface area contributed by atoms with Crippen LogP contribution < -0.4 is 4.72 Å². The van der Waals surface area contributed by atoms with Gasteiger partial charge in [0.05, 0.1) is 11.9 Å². The van der Waals surface area contributed by atoms with E-state index in [9.17, 15) is 8.42 Å². The number of methoxy groups -OCH3 is 1. The molecule has 1 atom stereocenters. The van der Waals surface area contributed by atoms with Gasteiger partial charge in [0.2, 0.25) is 10.0 Å². The molecular formula is C12H18BrNO3S. The van der Waals surface area contributed by atoms with Gasteiger partial charge in [0.25, 0.3) is 0 Å². The van der Waals surface area contributed by atoms with E-state index in [0.717, 1.165) is 15.6 Å². The SMILES string of the molecule is CO[C@H](C)CS(=O)(=O)NCc1cccc(C)c1Br. The molecule has 0 unspecified atom stereocenters.